The van der Waals surface area contributed by atoms with Crippen LogP contribution in [0.3, 0.4) is 0 Å². The van der Waals surface area contributed by atoms with Crippen LogP contribution in [-0.4, -0.2) is 41.7 Å². The van der Waals surface area contributed by atoms with E-state index in [4.69, 9.17) is 5.73 Å². The Balaban J connectivity index is 2.16. The van der Waals surface area contributed by atoms with E-state index >= 15 is 0 Å². The van der Waals surface area contributed by atoms with Gasteiger partial charge < -0.3 is 10.6 Å². The third kappa shape index (κ3) is 7.05. The van der Waals surface area contributed by atoms with Crippen LogP contribution in [-0.2, 0) is 0 Å². The molecule has 2 atom stereocenters. The molecule has 0 saturated heterocycles. The minimum Gasteiger partial charge on any atom is -0.353 e. The number of hydrogen-bond acceptors (Lipinski definition) is 4. The van der Waals surface area contributed by atoms with Crippen LogP contribution < -0.4 is 5.73 Å². The summed E-state index contributed by atoms with van der Waals surface area (Å²) in [5, 5.41) is 0. The molecule has 1 aliphatic rings. The lowest BCUT2D eigenvalue weighted by Gasteiger charge is -2.31. The van der Waals surface area contributed by atoms with E-state index in [0.717, 1.165) is 24.7 Å². The zero-order chi connectivity index (χ0) is 15.5. The number of amidine groups is 1. The third-order valence-corrected chi connectivity index (χ3v) is 4.78. The molecule has 1 aliphatic heterocycles. The summed E-state index contributed by atoms with van der Waals surface area (Å²) in [6, 6.07) is 0.564. The SMILES string of the molecule is CCCCCCCCCCC(CS)N1CCN=C1C(C)N. The Labute approximate surface area is 137 Å². The minimum atomic E-state index is 0.0495. The highest BCUT2D eigenvalue weighted by Crippen LogP contribution is 2.17. The number of rotatable bonds is 12. The Morgan fingerprint density at radius 2 is 1.76 bits per heavy atom. The first-order chi connectivity index (χ1) is 10.2. The predicted octanol–water partition coefficient (Wildman–Crippen LogP) is 3.88. The standard InChI is InChI=1S/C17H35N3S/c1-3-4-5-6-7-8-9-10-11-16(14-21)20-13-12-19-17(20)15(2)18/h15-16,21H,3-14,18H2,1-2H3. The molecule has 0 aromatic rings. The van der Waals surface area contributed by atoms with Crippen molar-refractivity contribution < 1.29 is 0 Å². The van der Waals surface area contributed by atoms with E-state index in [1.54, 1.807) is 0 Å². The Morgan fingerprint density at radius 3 is 2.33 bits per heavy atom. The fraction of sp³-hybridized carbons (Fsp3) is 0.941. The number of unbranched alkanes of at least 4 members (excludes halogenated alkanes) is 7. The second-order valence-electron chi connectivity index (χ2n) is 6.32. The van der Waals surface area contributed by atoms with Gasteiger partial charge in [-0.3, -0.25) is 4.99 Å². The van der Waals surface area contributed by atoms with Gasteiger partial charge in [0, 0.05) is 18.3 Å². The van der Waals surface area contributed by atoms with Gasteiger partial charge in [-0.1, -0.05) is 58.3 Å². The summed E-state index contributed by atoms with van der Waals surface area (Å²) < 4.78 is 0. The zero-order valence-electron chi connectivity index (χ0n) is 14.1. The van der Waals surface area contributed by atoms with Gasteiger partial charge in [-0.2, -0.15) is 12.6 Å². The molecule has 0 fully saturated rings. The second-order valence-corrected chi connectivity index (χ2v) is 6.69. The molecule has 0 aromatic heterocycles. The van der Waals surface area contributed by atoms with Gasteiger partial charge in [0.25, 0.3) is 0 Å². The third-order valence-electron chi connectivity index (χ3n) is 4.36. The Morgan fingerprint density at radius 1 is 1.14 bits per heavy atom. The van der Waals surface area contributed by atoms with Crippen molar-refractivity contribution in [2.45, 2.75) is 83.7 Å². The summed E-state index contributed by atoms with van der Waals surface area (Å²) in [7, 11) is 0. The largest absolute Gasteiger partial charge is 0.353 e. The smallest absolute Gasteiger partial charge is 0.116 e. The van der Waals surface area contributed by atoms with Gasteiger partial charge in [-0.25, -0.2) is 0 Å². The molecule has 2 unspecified atom stereocenters. The average Bonchev–Trinajstić information content (AvgIpc) is 2.95. The molecule has 124 valence electrons. The van der Waals surface area contributed by atoms with Crippen LogP contribution in [0.1, 0.15) is 71.6 Å². The van der Waals surface area contributed by atoms with Gasteiger partial charge in [0.1, 0.15) is 5.84 Å². The van der Waals surface area contributed by atoms with Gasteiger partial charge in [-0.05, 0) is 13.3 Å². The predicted molar refractivity (Wildman–Crippen MR) is 97.5 cm³/mol. The molecular formula is C17H35N3S. The first kappa shape index (κ1) is 18.8. The van der Waals surface area contributed by atoms with Crippen LogP contribution in [0.15, 0.2) is 4.99 Å². The maximum Gasteiger partial charge on any atom is 0.116 e. The fourth-order valence-corrected chi connectivity index (χ4v) is 3.49. The lowest BCUT2D eigenvalue weighted by Crippen LogP contribution is -2.46. The molecule has 0 saturated carbocycles. The van der Waals surface area contributed by atoms with Crippen LogP contribution in [0, 0.1) is 0 Å². The van der Waals surface area contributed by atoms with Crippen LogP contribution in [0.2, 0.25) is 0 Å². The van der Waals surface area contributed by atoms with Gasteiger partial charge in [0.15, 0.2) is 0 Å². The molecule has 0 aliphatic carbocycles. The summed E-state index contributed by atoms with van der Waals surface area (Å²) in [5.41, 5.74) is 6.02. The van der Waals surface area contributed by atoms with Crippen LogP contribution in [0.5, 0.6) is 0 Å². The molecular weight excluding hydrogens is 278 g/mol. The quantitative estimate of drug-likeness (QED) is 0.424. The number of thiol groups is 1. The van der Waals surface area contributed by atoms with Gasteiger partial charge >= 0.3 is 0 Å². The molecule has 21 heavy (non-hydrogen) atoms. The molecule has 3 nitrogen and oxygen atoms in total. The summed E-state index contributed by atoms with van der Waals surface area (Å²) in [6.07, 6.45) is 12.2. The Bertz CT molecular complexity index is 292. The lowest BCUT2D eigenvalue weighted by molar-refractivity contribution is 0.328. The van der Waals surface area contributed by atoms with Crippen LogP contribution in [0.4, 0.5) is 0 Å². The highest BCUT2D eigenvalue weighted by atomic mass is 32.1. The van der Waals surface area contributed by atoms with Crippen molar-refractivity contribution in [2.75, 3.05) is 18.8 Å². The maximum atomic E-state index is 6.02. The van der Waals surface area contributed by atoms with Gasteiger partial charge in [-0.15, -0.1) is 0 Å². The second kappa shape index (κ2) is 11.4. The van der Waals surface area contributed by atoms with Gasteiger partial charge in [0.05, 0.1) is 12.6 Å². The van der Waals surface area contributed by atoms with Crippen LogP contribution in [0.25, 0.3) is 0 Å². The summed E-state index contributed by atoms with van der Waals surface area (Å²) in [4.78, 5) is 6.96. The highest BCUT2D eigenvalue weighted by molar-refractivity contribution is 7.80. The summed E-state index contributed by atoms with van der Waals surface area (Å²) in [6.45, 7) is 6.23. The summed E-state index contributed by atoms with van der Waals surface area (Å²) >= 11 is 4.54. The van der Waals surface area contributed by atoms with E-state index in [9.17, 15) is 0 Å². The summed E-state index contributed by atoms with van der Waals surface area (Å²) in [5.74, 6) is 2.00. The maximum absolute atomic E-state index is 6.02. The molecule has 4 heteroatoms. The minimum absolute atomic E-state index is 0.0495. The first-order valence-corrected chi connectivity index (χ1v) is 9.51. The number of aliphatic imine (C=N–C) groups is 1. The van der Waals surface area contributed by atoms with E-state index in [2.05, 4.69) is 29.4 Å². The number of nitrogens with two attached hydrogens (primary N) is 1. The topological polar surface area (TPSA) is 41.6 Å². The van der Waals surface area contributed by atoms with Crippen molar-refractivity contribution in [3.63, 3.8) is 0 Å². The first-order valence-electron chi connectivity index (χ1n) is 8.88. The van der Waals surface area contributed by atoms with Crippen molar-refractivity contribution in [3.8, 4) is 0 Å². The van der Waals surface area contributed by atoms with E-state index < -0.39 is 0 Å². The monoisotopic (exact) mass is 313 g/mol. The molecule has 2 N–H and O–H groups in total. The normalized spacial score (nSPS) is 17.9. The molecule has 0 bridgehead atoms. The van der Waals surface area contributed by atoms with Gasteiger partial charge in [0.2, 0.25) is 0 Å². The molecule has 0 amide bonds. The highest BCUT2D eigenvalue weighted by Gasteiger charge is 2.25. The Kier molecular flexibility index (Phi) is 10.2. The van der Waals surface area contributed by atoms with Crippen molar-refractivity contribution in [1.82, 2.24) is 4.90 Å². The van der Waals surface area contributed by atoms with Crippen molar-refractivity contribution >= 4 is 18.5 Å². The molecule has 0 aromatic carbocycles. The van der Waals surface area contributed by atoms with E-state index in [-0.39, 0.29) is 6.04 Å². The number of hydrogen-bond donors (Lipinski definition) is 2. The fourth-order valence-electron chi connectivity index (χ4n) is 3.11. The van der Waals surface area contributed by atoms with E-state index in [1.807, 2.05) is 6.92 Å². The van der Waals surface area contributed by atoms with Crippen LogP contribution >= 0.6 is 12.6 Å². The Hall–Kier alpha value is -0.220. The molecule has 1 heterocycles. The van der Waals surface area contributed by atoms with Crippen molar-refractivity contribution in [1.29, 1.82) is 0 Å². The lowest BCUT2D eigenvalue weighted by atomic mass is 10.0. The molecule has 1 rings (SSSR count). The molecule has 0 radical (unpaired) electrons. The molecule has 0 spiro atoms. The van der Waals surface area contributed by atoms with Crippen molar-refractivity contribution in [2.24, 2.45) is 10.7 Å². The number of nitrogens with zero attached hydrogens (tertiary/aromatic N) is 2. The zero-order valence-corrected chi connectivity index (χ0v) is 15.0. The van der Waals surface area contributed by atoms with E-state index in [1.165, 1.54) is 57.8 Å². The van der Waals surface area contributed by atoms with Crippen molar-refractivity contribution in [3.05, 3.63) is 0 Å². The van der Waals surface area contributed by atoms with E-state index in [0.29, 0.717) is 6.04 Å². The average molecular weight is 314 g/mol.